The second-order valence-corrected chi connectivity index (χ2v) is 10.3. The van der Waals surface area contributed by atoms with Gasteiger partial charge in [-0.1, -0.05) is 37.6 Å². The minimum absolute atomic E-state index is 0. The number of thioether (sulfide) groups is 1. The number of aromatic nitrogens is 2. The van der Waals surface area contributed by atoms with Crippen LogP contribution < -0.4 is 15.4 Å². The number of halogens is 1. The van der Waals surface area contributed by atoms with Crippen molar-refractivity contribution < 1.29 is 19.2 Å². The van der Waals surface area contributed by atoms with Crippen molar-refractivity contribution in [2.75, 3.05) is 12.9 Å². The molecule has 0 amide bonds. The van der Waals surface area contributed by atoms with Gasteiger partial charge in [0.05, 0.1) is 18.6 Å². The molecule has 0 bridgehead atoms. The van der Waals surface area contributed by atoms with Crippen LogP contribution in [-0.4, -0.2) is 44.9 Å². The number of carbonyl (C=O) groups is 1. The van der Waals surface area contributed by atoms with Gasteiger partial charge in [0, 0.05) is 46.7 Å². The van der Waals surface area contributed by atoms with Gasteiger partial charge in [-0.2, -0.15) is 16.7 Å². The zero-order valence-corrected chi connectivity index (χ0v) is 23.1. The van der Waals surface area contributed by atoms with Gasteiger partial charge in [-0.25, -0.2) is 0 Å². The Labute approximate surface area is 222 Å². The van der Waals surface area contributed by atoms with E-state index in [1.54, 1.807) is 24.9 Å². The minimum Gasteiger partial charge on any atom is -0.507 e. The van der Waals surface area contributed by atoms with Crippen molar-refractivity contribution in [3.63, 3.8) is 0 Å². The summed E-state index contributed by atoms with van der Waals surface area (Å²) in [5.74, 6) is 2.75. The average Bonchev–Trinajstić information content (AvgIpc) is 3.27. The van der Waals surface area contributed by atoms with E-state index >= 15 is 0 Å². The quantitative estimate of drug-likeness (QED) is 0.444. The Bertz CT molecular complexity index is 1020. The lowest BCUT2D eigenvalue weighted by atomic mass is 9.94. The number of phenolic OH excluding ortho intramolecular Hbond substituents is 1. The van der Waals surface area contributed by atoms with E-state index in [-0.39, 0.29) is 30.0 Å². The fourth-order valence-electron chi connectivity index (χ4n) is 3.90. The summed E-state index contributed by atoms with van der Waals surface area (Å²) >= 11 is 7.15. The normalized spacial score (nSPS) is 17.8. The highest BCUT2D eigenvalue weighted by atomic mass is 35.5. The van der Waals surface area contributed by atoms with Gasteiger partial charge in [0.25, 0.3) is 0 Å². The summed E-state index contributed by atoms with van der Waals surface area (Å²) in [7, 11) is 1.55. The first-order chi connectivity index (χ1) is 16.3. The van der Waals surface area contributed by atoms with Gasteiger partial charge in [-0.3, -0.25) is 4.79 Å². The van der Waals surface area contributed by atoms with Crippen molar-refractivity contribution in [2.45, 2.75) is 77.3 Å². The SMILES string of the molecule is COc1cc(O)c2c(c1C)C(=O)CCCCCC(=S)N[C@H](c1nc(CNC(C)C)no1)CSC2.Cl. The van der Waals surface area contributed by atoms with Crippen molar-refractivity contribution in [2.24, 2.45) is 0 Å². The molecule has 3 rings (SSSR count). The van der Waals surface area contributed by atoms with Crippen LogP contribution in [-0.2, 0) is 12.3 Å². The summed E-state index contributed by atoms with van der Waals surface area (Å²) in [6.07, 6.45) is 3.73. The second kappa shape index (κ2) is 14.0. The maximum atomic E-state index is 13.1. The third kappa shape index (κ3) is 8.06. The van der Waals surface area contributed by atoms with Crippen molar-refractivity contribution >= 4 is 47.2 Å². The van der Waals surface area contributed by atoms with Crippen LogP contribution in [0.15, 0.2) is 10.6 Å². The molecular weight excluding hydrogens is 508 g/mol. The van der Waals surface area contributed by atoms with Gasteiger partial charge in [0.15, 0.2) is 11.6 Å². The third-order valence-corrected chi connectivity index (χ3v) is 7.13. The predicted molar refractivity (Wildman–Crippen MR) is 145 cm³/mol. The predicted octanol–water partition coefficient (Wildman–Crippen LogP) is 5.05. The Hall–Kier alpha value is -1.88. The molecule has 0 saturated heterocycles. The number of ether oxygens (including phenoxy) is 1. The van der Waals surface area contributed by atoms with Crippen molar-refractivity contribution in [3.8, 4) is 11.5 Å². The van der Waals surface area contributed by atoms with Crippen LogP contribution in [0, 0.1) is 6.92 Å². The van der Waals surface area contributed by atoms with E-state index in [0.29, 0.717) is 59.1 Å². The smallest absolute Gasteiger partial charge is 0.250 e. The molecule has 1 atom stereocenters. The van der Waals surface area contributed by atoms with Crippen LogP contribution in [0.2, 0.25) is 0 Å². The van der Waals surface area contributed by atoms with Crippen molar-refractivity contribution in [1.29, 1.82) is 0 Å². The lowest BCUT2D eigenvalue weighted by Crippen LogP contribution is -2.29. The first-order valence-electron chi connectivity index (χ1n) is 11.7. The number of nitrogens with zero attached hydrogens (tertiary/aromatic N) is 2. The third-order valence-electron chi connectivity index (χ3n) is 5.75. The van der Waals surface area contributed by atoms with E-state index in [4.69, 9.17) is 21.5 Å². The maximum Gasteiger partial charge on any atom is 0.250 e. The summed E-state index contributed by atoms with van der Waals surface area (Å²) in [6.45, 7) is 6.52. The lowest BCUT2D eigenvalue weighted by molar-refractivity contribution is 0.0977. The summed E-state index contributed by atoms with van der Waals surface area (Å²) in [4.78, 5) is 18.4. The molecule has 0 aliphatic carbocycles. The number of nitrogens with one attached hydrogen (secondary N) is 2. The van der Waals surface area contributed by atoms with Crippen LogP contribution in [0.1, 0.15) is 85.2 Å². The number of aromatic hydroxyl groups is 1. The Morgan fingerprint density at radius 1 is 1.34 bits per heavy atom. The number of ketones is 1. The Kier molecular flexibility index (Phi) is 11.7. The van der Waals surface area contributed by atoms with Crippen LogP contribution in [0.5, 0.6) is 11.5 Å². The molecule has 0 saturated carbocycles. The van der Waals surface area contributed by atoms with Gasteiger partial charge in [-0.15, -0.1) is 12.4 Å². The highest BCUT2D eigenvalue weighted by Gasteiger charge is 2.24. The number of phenols is 1. The van der Waals surface area contributed by atoms with Gasteiger partial charge in [0.2, 0.25) is 5.89 Å². The molecule has 0 spiro atoms. The second-order valence-electron chi connectivity index (χ2n) is 8.78. The molecule has 35 heavy (non-hydrogen) atoms. The van der Waals surface area contributed by atoms with Crippen LogP contribution >= 0.6 is 36.4 Å². The molecule has 0 fully saturated rings. The van der Waals surface area contributed by atoms with E-state index in [1.165, 1.54) is 0 Å². The monoisotopic (exact) mass is 542 g/mol. The molecule has 194 valence electrons. The van der Waals surface area contributed by atoms with E-state index in [1.807, 2.05) is 6.92 Å². The molecule has 2 aromatic rings. The summed E-state index contributed by atoms with van der Waals surface area (Å²) in [5.41, 5.74) is 1.98. The summed E-state index contributed by atoms with van der Waals surface area (Å²) < 4.78 is 11.0. The minimum atomic E-state index is -0.263. The van der Waals surface area contributed by atoms with E-state index < -0.39 is 0 Å². The molecule has 0 radical (unpaired) electrons. The van der Waals surface area contributed by atoms with E-state index in [0.717, 1.165) is 36.2 Å². The Balaban J connectivity index is 0.00000432. The topological polar surface area (TPSA) is 110 Å². The molecular formula is C24H35ClN4O4S2. The standard InChI is InChI=1S/C24H34N4O4S2.ClH/c1-14(2)25-11-21-27-24(32-28-21)17-13-34-12-16-19(30)10-20(31-4)15(3)23(16)18(29)8-6-5-7-9-22(33)26-17;/h10,14,17,25,30H,5-9,11-13H2,1-4H3,(H,26,33);1H/t17-;/m0./s1. The van der Waals surface area contributed by atoms with Gasteiger partial charge in [-0.05, 0) is 26.2 Å². The van der Waals surface area contributed by atoms with Crippen LogP contribution in [0.25, 0.3) is 0 Å². The highest BCUT2D eigenvalue weighted by molar-refractivity contribution is 7.98. The van der Waals surface area contributed by atoms with Gasteiger partial charge >= 0.3 is 0 Å². The fourth-order valence-corrected chi connectivity index (χ4v) is 5.26. The number of carbonyl (C=O) groups excluding carboxylic acids is 1. The highest BCUT2D eigenvalue weighted by Crippen LogP contribution is 2.36. The molecule has 11 heteroatoms. The van der Waals surface area contributed by atoms with Gasteiger partial charge < -0.3 is 25.0 Å². The number of rotatable bonds is 5. The zero-order chi connectivity index (χ0) is 24.7. The van der Waals surface area contributed by atoms with Crippen LogP contribution in [0.4, 0.5) is 0 Å². The van der Waals surface area contributed by atoms with E-state index in [9.17, 15) is 9.90 Å². The Morgan fingerprint density at radius 3 is 2.80 bits per heavy atom. The number of Topliss-reactive ketones (excluding diaryl/α,β-unsaturated/α-hetero) is 1. The van der Waals surface area contributed by atoms with Crippen LogP contribution in [0.3, 0.4) is 0 Å². The first-order valence-corrected chi connectivity index (χ1v) is 13.2. The van der Waals surface area contributed by atoms with Crippen molar-refractivity contribution in [1.82, 2.24) is 20.8 Å². The number of benzene rings is 1. The lowest BCUT2D eigenvalue weighted by Gasteiger charge is -2.20. The summed E-state index contributed by atoms with van der Waals surface area (Å²) in [5, 5.41) is 21.5. The molecule has 0 unspecified atom stereocenters. The summed E-state index contributed by atoms with van der Waals surface area (Å²) in [6, 6.07) is 1.64. The Morgan fingerprint density at radius 2 is 2.09 bits per heavy atom. The number of hydrogen-bond acceptors (Lipinski definition) is 9. The maximum absolute atomic E-state index is 13.1. The molecule has 1 aliphatic rings. The molecule has 2 heterocycles. The van der Waals surface area contributed by atoms with E-state index in [2.05, 4.69) is 34.6 Å². The molecule has 8 nitrogen and oxygen atoms in total. The number of fused-ring (bicyclic) bond motifs is 1. The number of methoxy groups -OCH3 is 1. The van der Waals surface area contributed by atoms with Gasteiger partial charge in [0.1, 0.15) is 17.5 Å². The molecule has 3 N–H and O–H groups in total. The number of hydrogen-bond donors (Lipinski definition) is 3. The molecule has 1 aromatic carbocycles. The number of thiocarbonyl (C=S) groups is 1. The largest absolute Gasteiger partial charge is 0.507 e. The molecule has 1 aliphatic heterocycles. The fraction of sp³-hybridized carbons (Fsp3) is 0.583. The zero-order valence-electron chi connectivity index (χ0n) is 20.7. The molecule has 1 aromatic heterocycles. The average molecular weight is 543 g/mol. The van der Waals surface area contributed by atoms with Crippen molar-refractivity contribution in [3.05, 3.63) is 34.5 Å². The first kappa shape index (κ1) is 29.4.